The Kier molecular flexibility index (Phi) is 5.72. The second kappa shape index (κ2) is 6.00. The van der Waals surface area contributed by atoms with Crippen LogP contribution in [0.15, 0.2) is 0 Å². The first-order chi connectivity index (χ1) is 5.61. The summed E-state index contributed by atoms with van der Waals surface area (Å²) in [5.41, 5.74) is 5.72. The van der Waals surface area contributed by atoms with Crippen LogP contribution in [0.2, 0.25) is 0 Å². The van der Waals surface area contributed by atoms with Gasteiger partial charge in [0.1, 0.15) is 0 Å². The number of rotatable bonds is 5. The van der Waals surface area contributed by atoms with Gasteiger partial charge in [-0.2, -0.15) is 0 Å². The molecular formula is C9H19NO2. The summed E-state index contributed by atoms with van der Waals surface area (Å²) in [6, 6.07) is 0.0732. The summed E-state index contributed by atoms with van der Waals surface area (Å²) in [4.78, 5) is 10.9. The topological polar surface area (TPSA) is 52.3 Å². The lowest BCUT2D eigenvalue weighted by Crippen LogP contribution is -2.28. The molecule has 0 saturated heterocycles. The Labute approximate surface area is 74.3 Å². The zero-order valence-electron chi connectivity index (χ0n) is 8.17. The Morgan fingerprint density at radius 2 is 2.17 bits per heavy atom. The summed E-state index contributed by atoms with van der Waals surface area (Å²) in [7, 11) is 1.41. The van der Waals surface area contributed by atoms with Gasteiger partial charge in [-0.15, -0.1) is 0 Å². The van der Waals surface area contributed by atoms with Gasteiger partial charge in [0.25, 0.3) is 0 Å². The SMILES string of the molecule is CCCC(CC(=O)OC)C(C)N. The molecule has 0 aromatic heterocycles. The van der Waals surface area contributed by atoms with Crippen molar-refractivity contribution >= 4 is 5.97 Å². The summed E-state index contributed by atoms with van der Waals surface area (Å²) in [6.07, 6.45) is 2.50. The minimum Gasteiger partial charge on any atom is -0.469 e. The molecule has 2 N–H and O–H groups in total. The molecule has 0 bridgehead atoms. The Morgan fingerprint density at radius 3 is 2.50 bits per heavy atom. The summed E-state index contributed by atoms with van der Waals surface area (Å²) in [5.74, 6) is 0.105. The van der Waals surface area contributed by atoms with Crippen molar-refractivity contribution in [3.8, 4) is 0 Å². The van der Waals surface area contributed by atoms with E-state index in [0.29, 0.717) is 6.42 Å². The molecule has 0 aliphatic heterocycles. The molecule has 0 fully saturated rings. The maximum Gasteiger partial charge on any atom is 0.305 e. The lowest BCUT2D eigenvalue weighted by molar-refractivity contribution is -0.141. The third kappa shape index (κ3) is 4.34. The molecular weight excluding hydrogens is 154 g/mol. The van der Waals surface area contributed by atoms with Gasteiger partial charge in [0, 0.05) is 12.5 Å². The van der Waals surface area contributed by atoms with Crippen LogP contribution in [-0.2, 0) is 9.53 Å². The van der Waals surface area contributed by atoms with Crippen LogP contribution < -0.4 is 5.73 Å². The molecule has 0 heterocycles. The smallest absolute Gasteiger partial charge is 0.305 e. The van der Waals surface area contributed by atoms with Gasteiger partial charge in [0.05, 0.1) is 7.11 Å². The van der Waals surface area contributed by atoms with Crippen molar-refractivity contribution in [1.29, 1.82) is 0 Å². The van der Waals surface area contributed by atoms with Crippen molar-refractivity contribution in [2.75, 3.05) is 7.11 Å². The number of nitrogens with two attached hydrogens (primary N) is 1. The normalized spacial score (nSPS) is 15.3. The second-order valence-electron chi connectivity index (χ2n) is 3.19. The van der Waals surface area contributed by atoms with Crippen molar-refractivity contribution in [3.05, 3.63) is 0 Å². The Hall–Kier alpha value is -0.570. The van der Waals surface area contributed by atoms with E-state index < -0.39 is 0 Å². The predicted molar refractivity (Wildman–Crippen MR) is 48.7 cm³/mol. The molecule has 0 saturated carbocycles. The number of carbonyl (C=O) groups is 1. The Morgan fingerprint density at radius 1 is 1.58 bits per heavy atom. The average molecular weight is 173 g/mol. The fourth-order valence-electron chi connectivity index (χ4n) is 1.22. The number of hydrogen-bond donors (Lipinski definition) is 1. The van der Waals surface area contributed by atoms with Crippen LogP contribution in [-0.4, -0.2) is 19.1 Å². The van der Waals surface area contributed by atoms with Crippen LogP contribution in [0.25, 0.3) is 0 Å². The molecule has 0 amide bonds. The first kappa shape index (κ1) is 11.4. The van der Waals surface area contributed by atoms with E-state index in [-0.39, 0.29) is 17.9 Å². The molecule has 0 aromatic rings. The van der Waals surface area contributed by atoms with E-state index in [4.69, 9.17) is 5.73 Å². The van der Waals surface area contributed by atoms with Gasteiger partial charge in [-0.1, -0.05) is 13.3 Å². The van der Waals surface area contributed by atoms with E-state index in [2.05, 4.69) is 11.7 Å². The van der Waals surface area contributed by atoms with E-state index in [1.165, 1.54) is 7.11 Å². The predicted octanol–water partition coefficient (Wildman–Crippen LogP) is 1.31. The number of ether oxygens (including phenoxy) is 1. The highest BCUT2D eigenvalue weighted by Crippen LogP contribution is 2.14. The number of esters is 1. The molecule has 3 nitrogen and oxygen atoms in total. The molecule has 0 spiro atoms. The highest BCUT2D eigenvalue weighted by atomic mass is 16.5. The number of methoxy groups -OCH3 is 1. The third-order valence-electron chi connectivity index (χ3n) is 2.06. The molecule has 3 heteroatoms. The molecule has 0 aromatic carbocycles. The van der Waals surface area contributed by atoms with Crippen molar-refractivity contribution in [2.24, 2.45) is 11.7 Å². The first-order valence-electron chi connectivity index (χ1n) is 4.44. The Balaban J connectivity index is 3.86. The molecule has 0 aliphatic rings. The van der Waals surface area contributed by atoms with E-state index in [0.717, 1.165) is 12.8 Å². The number of hydrogen-bond acceptors (Lipinski definition) is 3. The van der Waals surface area contributed by atoms with E-state index in [9.17, 15) is 4.79 Å². The van der Waals surface area contributed by atoms with Crippen molar-refractivity contribution in [2.45, 2.75) is 39.2 Å². The minimum absolute atomic E-state index is 0.0732. The van der Waals surface area contributed by atoms with Gasteiger partial charge in [-0.3, -0.25) is 4.79 Å². The van der Waals surface area contributed by atoms with Crippen LogP contribution in [0.5, 0.6) is 0 Å². The van der Waals surface area contributed by atoms with Crippen LogP contribution in [0.1, 0.15) is 33.1 Å². The van der Waals surface area contributed by atoms with Crippen molar-refractivity contribution in [3.63, 3.8) is 0 Å². The maximum absolute atomic E-state index is 10.9. The minimum atomic E-state index is -0.161. The largest absolute Gasteiger partial charge is 0.469 e. The van der Waals surface area contributed by atoms with Gasteiger partial charge < -0.3 is 10.5 Å². The van der Waals surface area contributed by atoms with Crippen LogP contribution in [0.3, 0.4) is 0 Å². The molecule has 72 valence electrons. The monoisotopic (exact) mass is 173 g/mol. The van der Waals surface area contributed by atoms with Crippen molar-refractivity contribution in [1.82, 2.24) is 0 Å². The lowest BCUT2D eigenvalue weighted by Gasteiger charge is -2.18. The van der Waals surface area contributed by atoms with Gasteiger partial charge in [-0.05, 0) is 19.3 Å². The molecule has 2 atom stereocenters. The van der Waals surface area contributed by atoms with Gasteiger partial charge in [0.15, 0.2) is 0 Å². The average Bonchev–Trinajstić information content (AvgIpc) is 2.03. The van der Waals surface area contributed by atoms with Crippen LogP contribution >= 0.6 is 0 Å². The highest BCUT2D eigenvalue weighted by Gasteiger charge is 2.16. The third-order valence-corrected chi connectivity index (χ3v) is 2.06. The van der Waals surface area contributed by atoms with Gasteiger partial charge in [0.2, 0.25) is 0 Å². The zero-order chi connectivity index (χ0) is 9.56. The summed E-state index contributed by atoms with van der Waals surface area (Å²) in [6.45, 7) is 4.02. The van der Waals surface area contributed by atoms with Gasteiger partial charge >= 0.3 is 5.97 Å². The zero-order valence-corrected chi connectivity index (χ0v) is 8.17. The second-order valence-corrected chi connectivity index (χ2v) is 3.19. The number of carbonyl (C=O) groups excluding carboxylic acids is 1. The quantitative estimate of drug-likeness (QED) is 0.638. The lowest BCUT2D eigenvalue weighted by atomic mass is 9.93. The first-order valence-corrected chi connectivity index (χ1v) is 4.44. The van der Waals surface area contributed by atoms with Crippen LogP contribution in [0.4, 0.5) is 0 Å². The molecule has 2 unspecified atom stereocenters. The maximum atomic E-state index is 10.9. The molecule has 0 aliphatic carbocycles. The van der Waals surface area contributed by atoms with E-state index in [1.54, 1.807) is 0 Å². The fourth-order valence-corrected chi connectivity index (χ4v) is 1.22. The summed E-state index contributed by atoms with van der Waals surface area (Å²) in [5, 5.41) is 0. The molecule has 0 rings (SSSR count). The fraction of sp³-hybridized carbons (Fsp3) is 0.889. The van der Waals surface area contributed by atoms with E-state index >= 15 is 0 Å². The molecule has 0 radical (unpaired) electrons. The standard InChI is InChI=1S/C9H19NO2/c1-4-5-8(7(2)10)6-9(11)12-3/h7-8H,4-6,10H2,1-3H3. The Bertz CT molecular complexity index is 134. The highest BCUT2D eigenvalue weighted by molar-refractivity contribution is 5.69. The molecule has 12 heavy (non-hydrogen) atoms. The van der Waals surface area contributed by atoms with Crippen molar-refractivity contribution < 1.29 is 9.53 Å². The van der Waals surface area contributed by atoms with E-state index in [1.807, 2.05) is 6.92 Å². The summed E-state index contributed by atoms with van der Waals surface area (Å²) >= 11 is 0. The van der Waals surface area contributed by atoms with Crippen LogP contribution in [0, 0.1) is 5.92 Å². The van der Waals surface area contributed by atoms with Gasteiger partial charge in [-0.25, -0.2) is 0 Å². The summed E-state index contributed by atoms with van der Waals surface area (Å²) < 4.78 is 4.58.